The fraction of sp³-hybridized carbons (Fsp3) is 0.140. The molecule has 8 aromatic rings. The predicted octanol–water partition coefficient (Wildman–Crippen LogP) is 13.4. The fourth-order valence-corrected chi connectivity index (χ4v) is 9.70. The van der Waals surface area contributed by atoms with E-state index in [0.717, 1.165) is 29.0 Å². The average Bonchev–Trinajstić information content (AvgIpc) is 3.74. The molecule has 0 radical (unpaired) electrons. The normalized spacial score (nSPS) is 18.0. The number of allylic oxidation sites excluding steroid dienone is 2. The predicted molar refractivity (Wildman–Crippen MR) is 216 cm³/mol. The van der Waals surface area contributed by atoms with E-state index in [-0.39, 0.29) is 17.3 Å². The molecule has 0 amide bonds. The van der Waals surface area contributed by atoms with Crippen LogP contribution in [0.2, 0.25) is 0 Å². The van der Waals surface area contributed by atoms with Crippen LogP contribution < -0.4 is 0 Å². The molecule has 52 heavy (non-hydrogen) atoms. The van der Waals surface area contributed by atoms with Crippen LogP contribution in [-0.2, 0) is 5.41 Å². The summed E-state index contributed by atoms with van der Waals surface area (Å²) >= 11 is 0. The Kier molecular flexibility index (Phi) is 6.15. The van der Waals surface area contributed by atoms with Crippen LogP contribution in [0.4, 0.5) is 5.69 Å². The van der Waals surface area contributed by atoms with Gasteiger partial charge in [-0.05, 0) is 103 Å². The molecule has 0 N–H and O–H groups in total. The largest absolute Gasteiger partial charge is 0.456 e. The minimum atomic E-state index is -0.107. The van der Waals surface area contributed by atoms with Gasteiger partial charge in [-0.1, -0.05) is 136 Å². The molecule has 0 saturated carbocycles. The Morgan fingerprint density at radius 1 is 0.596 bits per heavy atom. The van der Waals surface area contributed by atoms with Crippen molar-refractivity contribution in [1.82, 2.24) is 0 Å². The lowest BCUT2D eigenvalue weighted by atomic mass is 9.79. The van der Waals surface area contributed by atoms with Crippen molar-refractivity contribution in [2.45, 2.75) is 44.4 Å². The molecule has 0 saturated heterocycles. The third-order valence-corrected chi connectivity index (χ3v) is 12.2. The van der Waals surface area contributed by atoms with E-state index in [1.807, 2.05) is 0 Å². The van der Waals surface area contributed by atoms with Crippen molar-refractivity contribution in [3.05, 3.63) is 185 Å². The van der Waals surface area contributed by atoms with E-state index in [1.54, 1.807) is 0 Å². The standard InChI is InChI=1S/C50H37NO/c1-4-29-25-41(49(51-44-20-12-10-14-32(29)44)31-21-23-36-35-17-9-11-19-42(35)50(2,3)43(36)26-31)47-37-18-8-7-16-34(37)38-27-40-46(28-39(38)47)52-45-24-22-30-13-5-6-15-33(30)48(40)45/h5-29,47H,4H2,1-3H3/t29-,47?/m0/s1. The number of para-hydroxylation sites is 1. The van der Waals surface area contributed by atoms with E-state index in [9.17, 15) is 0 Å². The molecule has 2 nitrogen and oxygen atoms in total. The molecule has 11 rings (SSSR count). The number of aliphatic imine (C=N–C) groups is 1. The second-order valence-electron chi connectivity index (χ2n) is 15.3. The monoisotopic (exact) mass is 667 g/mol. The Bertz CT molecular complexity index is 2880. The van der Waals surface area contributed by atoms with E-state index in [0.29, 0.717) is 0 Å². The van der Waals surface area contributed by atoms with Gasteiger partial charge in [-0.25, -0.2) is 4.99 Å². The van der Waals surface area contributed by atoms with Crippen molar-refractivity contribution in [2.75, 3.05) is 0 Å². The van der Waals surface area contributed by atoms with Gasteiger partial charge in [-0.15, -0.1) is 0 Å². The van der Waals surface area contributed by atoms with Gasteiger partial charge in [0.05, 0.1) is 11.4 Å². The summed E-state index contributed by atoms with van der Waals surface area (Å²) in [6, 6.07) is 51.4. The van der Waals surface area contributed by atoms with Gasteiger partial charge in [0.15, 0.2) is 0 Å². The minimum absolute atomic E-state index is 0.00105. The number of fused-ring (bicyclic) bond motifs is 12. The smallest absolute Gasteiger partial charge is 0.136 e. The summed E-state index contributed by atoms with van der Waals surface area (Å²) in [5.74, 6) is 0.237. The first-order valence-electron chi connectivity index (χ1n) is 18.6. The molecular formula is C50H37NO. The Morgan fingerprint density at radius 3 is 2.23 bits per heavy atom. The molecule has 1 aromatic heterocycles. The Hall–Kier alpha value is -5.99. The van der Waals surface area contributed by atoms with Gasteiger partial charge in [0.1, 0.15) is 11.2 Å². The Balaban J connectivity index is 1.17. The second kappa shape index (κ2) is 10.8. The van der Waals surface area contributed by atoms with Gasteiger partial charge in [0.25, 0.3) is 0 Å². The van der Waals surface area contributed by atoms with E-state index in [1.165, 1.54) is 82.8 Å². The molecule has 3 aliphatic rings. The third kappa shape index (κ3) is 4.04. The van der Waals surface area contributed by atoms with Crippen LogP contribution in [0.25, 0.3) is 55.0 Å². The van der Waals surface area contributed by atoms with Crippen molar-refractivity contribution in [1.29, 1.82) is 0 Å². The molecule has 2 aliphatic carbocycles. The molecule has 0 bridgehead atoms. The molecule has 1 aliphatic heterocycles. The SMILES string of the molecule is CC[C@H]1C=C(C2c3ccccc3-c3cc4c(cc32)oc2ccc3ccccc3c24)C(c2ccc3c(c2)C(C)(C)c2ccccc2-3)=Nc2ccccc21. The first-order valence-corrected chi connectivity index (χ1v) is 18.6. The van der Waals surface area contributed by atoms with Crippen LogP contribution in [0.1, 0.15) is 72.4 Å². The van der Waals surface area contributed by atoms with E-state index in [4.69, 9.17) is 9.41 Å². The summed E-state index contributed by atoms with van der Waals surface area (Å²) in [4.78, 5) is 5.66. The molecule has 1 unspecified atom stereocenters. The number of rotatable bonds is 3. The number of hydrogen-bond acceptors (Lipinski definition) is 2. The number of furan rings is 1. The van der Waals surface area contributed by atoms with Crippen molar-refractivity contribution in [3.63, 3.8) is 0 Å². The highest BCUT2D eigenvalue weighted by Gasteiger charge is 2.39. The van der Waals surface area contributed by atoms with Gasteiger partial charge in [0, 0.05) is 33.6 Å². The van der Waals surface area contributed by atoms with Crippen LogP contribution in [0, 0.1) is 0 Å². The van der Waals surface area contributed by atoms with Gasteiger partial charge >= 0.3 is 0 Å². The van der Waals surface area contributed by atoms with Crippen molar-refractivity contribution >= 4 is 44.1 Å². The van der Waals surface area contributed by atoms with Gasteiger partial charge in [-0.3, -0.25) is 0 Å². The topological polar surface area (TPSA) is 25.5 Å². The van der Waals surface area contributed by atoms with Crippen LogP contribution in [0.3, 0.4) is 0 Å². The lowest BCUT2D eigenvalue weighted by Crippen LogP contribution is -2.17. The Morgan fingerprint density at radius 2 is 1.35 bits per heavy atom. The molecular weight excluding hydrogens is 631 g/mol. The summed E-state index contributed by atoms with van der Waals surface area (Å²) in [6.07, 6.45) is 3.54. The van der Waals surface area contributed by atoms with Crippen LogP contribution in [0.5, 0.6) is 0 Å². The quantitative estimate of drug-likeness (QED) is 0.184. The molecule has 0 fully saturated rings. The maximum Gasteiger partial charge on any atom is 0.136 e. The lowest BCUT2D eigenvalue weighted by molar-refractivity contribution is 0.660. The summed E-state index contributed by atoms with van der Waals surface area (Å²) in [6.45, 7) is 7.02. The lowest BCUT2D eigenvalue weighted by Gasteiger charge is -2.24. The van der Waals surface area contributed by atoms with E-state index < -0.39 is 0 Å². The molecule has 2 heteroatoms. The maximum absolute atomic E-state index is 6.70. The first kappa shape index (κ1) is 29.7. The number of nitrogens with zero attached hydrogens (tertiary/aromatic N) is 1. The summed E-state index contributed by atoms with van der Waals surface area (Å²) in [5.41, 5.74) is 18.2. The van der Waals surface area contributed by atoms with Gasteiger partial charge in [-0.2, -0.15) is 0 Å². The zero-order valence-electron chi connectivity index (χ0n) is 29.6. The summed E-state index contributed by atoms with van der Waals surface area (Å²) < 4.78 is 6.70. The van der Waals surface area contributed by atoms with Crippen molar-refractivity contribution in [2.24, 2.45) is 4.99 Å². The first-order chi connectivity index (χ1) is 25.5. The van der Waals surface area contributed by atoms with E-state index >= 15 is 0 Å². The minimum Gasteiger partial charge on any atom is -0.456 e. The van der Waals surface area contributed by atoms with Gasteiger partial charge < -0.3 is 4.42 Å². The maximum atomic E-state index is 6.70. The van der Waals surface area contributed by atoms with Crippen LogP contribution in [0.15, 0.2) is 161 Å². The highest BCUT2D eigenvalue weighted by Crippen LogP contribution is 2.54. The molecule has 2 atom stereocenters. The molecule has 0 spiro atoms. The van der Waals surface area contributed by atoms with Gasteiger partial charge in [0.2, 0.25) is 0 Å². The molecule has 248 valence electrons. The third-order valence-electron chi connectivity index (χ3n) is 12.2. The number of hydrogen-bond donors (Lipinski definition) is 0. The second-order valence-corrected chi connectivity index (χ2v) is 15.3. The highest BCUT2D eigenvalue weighted by atomic mass is 16.3. The van der Waals surface area contributed by atoms with Crippen LogP contribution in [-0.4, -0.2) is 5.71 Å². The van der Waals surface area contributed by atoms with Crippen molar-refractivity contribution < 1.29 is 4.42 Å². The summed E-state index contributed by atoms with van der Waals surface area (Å²) in [5, 5.41) is 4.82. The average molecular weight is 668 g/mol. The van der Waals surface area contributed by atoms with Crippen LogP contribution >= 0.6 is 0 Å². The zero-order chi connectivity index (χ0) is 34.7. The number of benzene rings is 7. The fourth-order valence-electron chi connectivity index (χ4n) is 9.70. The summed E-state index contributed by atoms with van der Waals surface area (Å²) in [7, 11) is 0. The molecule has 7 aromatic carbocycles. The highest BCUT2D eigenvalue weighted by molar-refractivity contribution is 6.21. The Labute approximate surface area is 303 Å². The molecule has 2 heterocycles. The van der Waals surface area contributed by atoms with E-state index in [2.05, 4.69) is 166 Å². The zero-order valence-corrected chi connectivity index (χ0v) is 29.6. The van der Waals surface area contributed by atoms with Crippen molar-refractivity contribution in [3.8, 4) is 22.3 Å².